The predicted molar refractivity (Wildman–Crippen MR) is 70.9 cm³/mol. The Balaban J connectivity index is 2.20. The number of nitrogen functional groups attached to an aromatic ring is 1. The summed E-state index contributed by atoms with van der Waals surface area (Å²) < 4.78 is 26.7. The van der Waals surface area contributed by atoms with Crippen LogP contribution in [-0.4, -0.2) is 10.9 Å². The topological polar surface area (TPSA) is 68.0 Å². The number of hydrogen-bond donors (Lipinski definition) is 2. The monoisotopic (exact) mass is 277 g/mol. The Morgan fingerprint density at radius 1 is 1.35 bits per heavy atom. The molecule has 4 nitrogen and oxygen atoms in total. The van der Waals surface area contributed by atoms with Crippen LogP contribution in [0, 0.1) is 11.6 Å². The first-order valence-electron chi connectivity index (χ1n) is 5.95. The number of pyridine rings is 1. The molecule has 0 bridgehead atoms. The third-order valence-corrected chi connectivity index (χ3v) is 2.85. The minimum Gasteiger partial charge on any atom is -0.383 e. The van der Waals surface area contributed by atoms with Crippen molar-refractivity contribution < 1.29 is 13.6 Å². The molecule has 2 aromatic rings. The van der Waals surface area contributed by atoms with Crippen LogP contribution in [0.1, 0.15) is 28.9 Å². The van der Waals surface area contributed by atoms with Crippen molar-refractivity contribution >= 4 is 11.7 Å². The molecule has 0 saturated carbocycles. The maximum atomic E-state index is 13.6. The van der Waals surface area contributed by atoms with Crippen molar-refractivity contribution in [1.29, 1.82) is 0 Å². The fourth-order valence-corrected chi connectivity index (χ4v) is 1.81. The van der Waals surface area contributed by atoms with Crippen molar-refractivity contribution in [2.45, 2.75) is 13.0 Å². The molecular formula is C14H13F2N3O. The fourth-order valence-electron chi connectivity index (χ4n) is 1.81. The zero-order valence-electron chi connectivity index (χ0n) is 10.7. The molecule has 0 spiro atoms. The van der Waals surface area contributed by atoms with Gasteiger partial charge in [-0.1, -0.05) is 18.2 Å². The predicted octanol–water partition coefficient (Wildman–Crippen LogP) is 2.43. The number of amides is 1. The van der Waals surface area contributed by atoms with Crippen molar-refractivity contribution in [2.24, 2.45) is 0 Å². The highest BCUT2D eigenvalue weighted by atomic mass is 19.1. The van der Waals surface area contributed by atoms with Crippen molar-refractivity contribution in [3.05, 3.63) is 59.3 Å². The van der Waals surface area contributed by atoms with Gasteiger partial charge in [-0.3, -0.25) is 4.79 Å². The van der Waals surface area contributed by atoms with E-state index in [1.54, 1.807) is 25.1 Å². The summed E-state index contributed by atoms with van der Waals surface area (Å²) in [7, 11) is 0. The second-order valence-electron chi connectivity index (χ2n) is 4.30. The second-order valence-corrected chi connectivity index (χ2v) is 4.30. The number of hydrogen-bond acceptors (Lipinski definition) is 3. The molecule has 0 radical (unpaired) electrons. The maximum absolute atomic E-state index is 13.6. The molecule has 1 unspecified atom stereocenters. The van der Waals surface area contributed by atoms with Gasteiger partial charge in [-0.25, -0.2) is 13.8 Å². The first-order valence-corrected chi connectivity index (χ1v) is 5.95. The largest absolute Gasteiger partial charge is 0.383 e. The molecule has 104 valence electrons. The Morgan fingerprint density at radius 3 is 2.75 bits per heavy atom. The van der Waals surface area contributed by atoms with Crippen LogP contribution in [0.5, 0.6) is 0 Å². The Bertz CT molecular complexity index is 646. The molecule has 1 atom stereocenters. The van der Waals surface area contributed by atoms with Gasteiger partial charge in [0.2, 0.25) is 0 Å². The molecule has 6 heteroatoms. The summed E-state index contributed by atoms with van der Waals surface area (Å²) in [5, 5.41) is 2.56. The lowest BCUT2D eigenvalue weighted by Crippen LogP contribution is -2.28. The van der Waals surface area contributed by atoms with Gasteiger partial charge in [0.05, 0.1) is 17.8 Å². The van der Waals surface area contributed by atoms with Gasteiger partial charge >= 0.3 is 0 Å². The number of nitrogens with one attached hydrogen (secondary N) is 1. The lowest BCUT2D eigenvalue weighted by molar-refractivity contribution is 0.0939. The lowest BCUT2D eigenvalue weighted by Gasteiger charge is -2.15. The van der Waals surface area contributed by atoms with Gasteiger partial charge in [-0.2, -0.15) is 0 Å². The molecular weight excluding hydrogens is 264 g/mol. The van der Waals surface area contributed by atoms with Crippen LogP contribution < -0.4 is 11.1 Å². The van der Waals surface area contributed by atoms with Gasteiger partial charge < -0.3 is 11.1 Å². The van der Waals surface area contributed by atoms with Crippen LogP contribution in [0.3, 0.4) is 0 Å². The smallest absolute Gasteiger partial charge is 0.255 e. The molecule has 3 N–H and O–H groups in total. The highest BCUT2D eigenvalue weighted by Gasteiger charge is 2.17. The number of halogens is 2. The lowest BCUT2D eigenvalue weighted by atomic mass is 10.1. The highest BCUT2D eigenvalue weighted by molar-refractivity contribution is 5.98. The Kier molecular flexibility index (Phi) is 3.93. The number of nitrogens with two attached hydrogens (primary N) is 1. The molecule has 0 aliphatic rings. The second kappa shape index (κ2) is 5.64. The van der Waals surface area contributed by atoms with E-state index in [0.717, 1.165) is 12.3 Å². The molecule has 0 fully saturated rings. The van der Waals surface area contributed by atoms with Crippen LogP contribution in [-0.2, 0) is 0 Å². The zero-order valence-corrected chi connectivity index (χ0v) is 10.7. The number of carbonyl (C=O) groups is 1. The summed E-state index contributed by atoms with van der Waals surface area (Å²) in [5.41, 5.74) is 5.78. The molecule has 1 aromatic carbocycles. The molecule has 0 aliphatic carbocycles. The minimum absolute atomic E-state index is 0.0758. The Hall–Kier alpha value is -2.50. The number of anilines is 1. The summed E-state index contributed by atoms with van der Waals surface area (Å²) in [6.45, 7) is 1.62. The first kappa shape index (κ1) is 13.9. The summed E-state index contributed by atoms with van der Waals surface area (Å²) in [5.74, 6) is -1.77. The first-order chi connectivity index (χ1) is 9.49. The van der Waals surface area contributed by atoms with E-state index < -0.39 is 23.6 Å². The number of rotatable bonds is 3. The van der Waals surface area contributed by atoms with Crippen LogP contribution in [0.15, 0.2) is 36.5 Å². The Labute approximate surface area is 114 Å². The zero-order chi connectivity index (χ0) is 14.7. The minimum atomic E-state index is -0.664. The molecule has 1 heterocycles. The van der Waals surface area contributed by atoms with Crippen molar-refractivity contribution in [3.63, 3.8) is 0 Å². The molecule has 2 rings (SSSR count). The van der Waals surface area contributed by atoms with Crippen LogP contribution in [0.25, 0.3) is 0 Å². The van der Waals surface area contributed by atoms with Gasteiger partial charge in [0, 0.05) is 5.56 Å². The van der Waals surface area contributed by atoms with E-state index in [2.05, 4.69) is 10.3 Å². The third kappa shape index (κ3) is 2.90. The number of aromatic nitrogens is 1. The number of carbonyl (C=O) groups excluding carboxylic acids is 1. The van der Waals surface area contributed by atoms with Gasteiger partial charge in [-0.15, -0.1) is 0 Å². The third-order valence-electron chi connectivity index (χ3n) is 2.85. The number of benzene rings is 1. The van der Waals surface area contributed by atoms with Gasteiger partial charge in [-0.05, 0) is 19.1 Å². The van der Waals surface area contributed by atoms with E-state index in [4.69, 9.17) is 5.73 Å². The molecule has 0 aliphatic heterocycles. The maximum Gasteiger partial charge on any atom is 0.255 e. The highest BCUT2D eigenvalue weighted by Crippen LogP contribution is 2.18. The SMILES string of the molecule is CC(NC(=O)c1cc(F)cnc1N)c1ccccc1F. The summed E-state index contributed by atoms with van der Waals surface area (Å²) in [6, 6.07) is 6.50. The Morgan fingerprint density at radius 2 is 2.05 bits per heavy atom. The fraction of sp³-hybridized carbons (Fsp3) is 0.143. The van der Waals surface area contributed by atoms with Gasteiger partial charge in [0.1, 0.15) is 17.5 Å². The van der Waals surface area contributed by atoms with E-state index in [1.165, 1.54) is 6.07 Å². The molecule has 1 aromatic heterocycles. The standard InChI is InChI=1S/C14H13F2N3O/c1-8(10-4-2-3-5-12(10)16)19-14(20)11-6-9(15)7-18-13(11)17/h2-8H,1H3,(H2,17,18)(H,19,20). The summed E-state index contributed by atoms with van der Waals surface area (Å²) >= 11 is 0. The summed E-state index contributed by atoms with van der Waals surface area (Å²) in [6.07, 6.45) is 0.923. The normalized spacial score (nSPS) is 11.9. The van der Waals surface area contributed by atoms with Crippen molar-refractivity contribution in [3.8, 4) is 0 Å². The average Bonchev–Trinajstić information content (AvgIpc) is 2.41. The molecule has 1 amide bonds. The summed E-state index contributed by atoms with van der Waals surface area (Å²) in [4.78, 5) is 15.6. The van der Waals surface area contributed by atoms with E-state index in [-0.39, 0.29) is 11.4 Å². The van der Waals surface area contributed by atoms with Gasteiger partial charge in [0.15, 0.2) is 0 Å². The van der Waals surface area contributed by atoms with Crippen LogP contribution in [0.2, 0.25) is 0 Å². The van der Waals surface area contributed by atoms with Gasteiger partial charge in [0.25, 0.3) is 5.91 Å². The molecule has 20 heavy (non-hydrogen) atoms. The molecule has 0 saturated heterocycles. The number of nitrogens with zero attached hydrogens (tertiary/aromatic N) is 1. The van der Waals surface area contributed by atoms with Crippen molar-refractivity contribution in [1.82, 2.24) is 10.3 Å². The quantitative estimate of drug-likeness (QED) is 0.905. The van der Waals surface area contributed by atoms with Crippen LogP contribution in [0.4, 0.5) is 14.6 Å². The van der Waals surface area contributed by atoms with Crippen LogP contribution >= 0.6 is 0 Å². The van der Waals surface area contributed by atoms with E-state index in [0.29, 0.717) is 5.56 Å². The van der Waals surface area contributed by atoms with Crippen molar-refractivity contribution in [2.75, 3.05) is 5.73 Å². The van der Waals surface area contributed by atoms with E-state index in [1.807, 2.05) is 0 Å². The van der Waals surface area contributed by atoms with E-state index >= 15 is 0 Å². The van der Waals surface area contributed by atoms with E-state index in [9.17, 15) is 13.6 Å². The average molecular weight is 277 g/mol.